The number of aromatic nitrogens is 1. The van der Waals surface area contributed by atoms with E-state index >= 15 is 0 Å². The molecule has 1 fully saturated rings. The van der Waals surface area contributed by atoms with Gasteiger partial charge in [-0.2, -0.15) is 11.8 Å². The number of hydrogen-bond donors (Lipinski definition) is 2. The van der Waals surface area contributed by atoms with Crippen molar-refractivity contribution in [1.29, 1.82) is 0 Å². The zero-order valence-electron chi connectivity index (χ0n) is 10.6. The quantitative estimate of drug-likeness (QED) is 0.831. The largest absolute Gasteiger partial charge is 0.389 e. The summed E-state index contributed by atoms with van der Waals surface area (Å²) in [6.45, 7) is 0. The second-order valence-electron chi connectivity index (χ2n) is 4.60. The standard InChI is InChI=1S/C13H19N3S2/c1-18-11-5-3-2-4-10(11)16-12-8-9(13(14)17)6-7-15-12/h6-8,10-11H,2-5H2,1H3,(H2,14,17)(H,15,16). The van der Waals surface area contributed by atoms with Gasteiger partial charge in [0, 0.05) is 23.1 Å². The van der Waals surface area contributed by atoms with Gasteiger partial charge in [0.15, 0.2) is 0 Å². The maximum absolute atomic E-state index is 5.64. The molecule has 0 radical (unpaired) electrons. The predicted molar refractivity (Wildman–Crippen MR) is 83.3 cm³/mol. The number of nitrogens with two attached hydrogens (primary N) is 1. The third-order valence-electron chi connectivity index (χ3n) is 3.38. The first kappa shape index (κ1) is 13.6. The van der Waals surface area contributed by atoms with Crippen LogP contribution in [0.1, 0.15) is 31.2 Å². The van der Waals surface area contributed by atoms with Gasteiger partial charge >= 0.3 is 0 Å². The van der Waals surface area contributed by atoms with Crippen molar-refractivity contribution in [3.05, 3.63) is 23.9 Å². The van der Waals surface area contributed by atoms with Gasteiger partial charge in [0.1, 0.15) is 10.8 Å². The molecule has 3 nitrogen and oxygen atoms in total. The number of pyridine rings is 1. The molecule has 2 unspecified atom stereocenters. The van der Waals surface area contributed by atoms with Crippen molar-refractivity contribution in [2.24, 2.45) is 5.73 Å². The van der Waals surface area contributed by atoms with Gasteiger partial charge in [0.05, 0.1) is 0 Å². The Balaban J connectivity index is 2.07. The molecular formula is C13H19N3S2. The van der Waals surface area contributed by atoms with Gasteiger partial charge in [0.25, 0.3) is 0 Å². The van der Waals surface area contributed by atoms with Gasteiger partial charge in [-0.3, -0.25) is 0 Å². The smallest absolute Gasteiger partial charge is 0.126 e. The number of thioether (sulfide) groups is 1. The van der Waals surface area contributed by atoms with Crippen LogP contribution in [0.3, 0.4) is 0 Å². The van der Waals surface area contributed by atoms with Gasteiger partial charge in [0.2, 0.25) is 0 Å². The summed E-state index contributed by atoms with van der Waals surface area (Å²) in [5.41, 5.74) is 6.52. The molecule has 3 N–H and O–H groups in total. The highest BCUT2D eigenvalue weighted by Gasteiger charge is 2.24. The van der Waals surface area contributed by atoms with Gasteiger partial charge < -0.3 is 11.1 Å². The fourth-order valence-electron chi connectivity index (χ4n) is 2.40. The molecule has 18 heavy (non-hydrogen) atoms. The maximum Gasteiger partial charge on any atom is 0.126 e. The lowest BCUT2D eigenvalue weighted by Gasteiger charge is -2.31. The van der Waals surface area contributed by atoms with E-state index in [1.165, 1.54) is 25.7 Å². The Bertz CT molecular complexity index is 422. The minimum absolute atomic E-state index is 0.422. The molecule has 1 aliphatic rings. The van der Waals surface area contributed by atoms with E-state index in [0.717, 1.165) is 11.4 Å². The third-order valence-corrected chi connectivity index (χ3v) is 4.79. The number of rotatable bonds is 4. The normalized spacial score (nSPS) is 23.6. The van der Waals surface area contributed by atoms with Crippen LogP contribution < -0.4 is 11.1 Å². The Labute approximate surface area is 118 Å². The molecule has 0 aromatic carbocycles. The fraction of sp³-hybridized carbons (Fsp3) is 0.538. The molecule has 1 heterocycles. The highest BCUT2D eigenvalue weighted by molar-refractivity contribution is 7.99. The summed E-state index contributed by atoms with van der Waals surface area (Å²) in [6, 6.07) is 4.29. The molecule has 98 valence electrons. The van der Waals surface area contributed by atoms with E-state index in [-0.39, 0.29) is 0 Å². The summed E-state index contributed by atoms with van der Waals surface area (Å²) in [4.78, 5) is 4.77. The Hall–Kier alpha value is -0.810. The van der Waals surface area contributed by atoms with Crippen molar-refractivity contribution in [3.63, 3.8) is 0 Å². The Morgan fingerprint density at radius 2 is 2.28 bits per heavy atom. The summed E-state index contributed by atoms with van der Waals surface area (Å²) in [5, 5.41) is 4.21. The van der Waals surface area contributed by atoms with Crippen LogP contribution in [0.2, 0.25) is 0 Å². The van der Waals surface area contributed by atoms with Crippen molar-refractivity contribution in [2.45, 2.75) is 37.0 Å². The van der Waals surface area contributed by atoms with E-state index in [0.29, 0.717) is 16.3 Å². The SMILES string of the molecule is CSC1CCCCC1Nc1cc(C(N)=S)ccn1. The topological polar surface area (TPSA) is 50.9 Å². The van der Waals surface area contributed by atoms with Gasteiger partial charge in [-0.15, -0.1) is 0 Å². The van der Waals surface area contributed by atoms with Crippen molar-refractivity contribution in [3.8, 4) is 0 Å². The van der Waals surface area contributed by atoms with Crippen molar-refractivity contribution in [2.75, 3.05) is 11.6 Å². The Morgan fingerprint density at radius 3 is 3.00 bits per heavy atom. The molecule has 0 amide bonds. The lowest BCUT2D eigenvalue weighted by Crippen LogP contribution is -2.34. The average molecular weight is 281 g/mol. The average Bonchev–Trinajstić information content (AvgIpc) is 2.39. The molecule has 0 aliphatic heterocycles. The van der Waals surface area contributed by atoms with E-state index in [2.05, 4.69) is 16.6 Å². The van der Waals surface area contributed by atoms with Crippen molar-refractivity contribution < 1.29 is 0 Å². The highest BCUT2D eigenvalue weighted by Crippen LogP contribution is 2.29. The Morgan fingerprint density at radius 1 is 1.50 bits per heavy atom. The molecule has 0 saturated heterocycles. The molecule has 1 aliphatic carbocycles. The summed E-state index contributed by atoms with van der Waals surface area (Å²) in [6.07, 6.45) is 9.07. The molecule has 2 rings (SSSR count). The zero-order chi connectivity index (χ0) is 13.0. The van der Waals surface area contributed by atoms with E-state index < -0.39 is 0 Å². The second-order valence-corrected chi connectivity index (χ2v) is 6.12. The van der Waals surface area contributed by atoms with Crippen LogP contribution in [0.15, 0.2) is 18.3 Å². The van der Waals surface area contributed by atoms with Crippen LogP contribution in [0.4, 0.5) is 5.82 Å². The minimum atomic E-state index is 0.422. The van der Waals surface area contributed by atoms with Crippen LogP contribution in [-0.4, -0.2) is 27.5 Å². The van der Waals surface area contributed by atoms with Crippen LogP contribution in [0.5, 0.6) is 0 Å². The molecule has 5 heteroatoms. The first-order valence-corrected chi connectivity index (χ1v) is 7.95. The maximum atomic E-state index is 5.64. The van der Waals surface area contributed by atoms with E-state index in [1.807, 2.05) is 23.9 Å². The van der Waals surface area contributed by atoms with Crippen LogP contribution in [0.25, 0.3) is 0 Å². The molecule has 0 spiro atoms. The monoisotopic (exact) mass is 281 g/mol. The number of nitrogens with zero attached hydrogens (tertiary/aromatic N) is 1. The van der Waals surface area contributed by atoms with E-state index in [9.17, 15) is 0 Å². The number of anilines is 1. The molecule has 1 aromatic heterocycles. The van der Waals surface area contributed by atoms with E-state index in [4.69, 9.17) is 18.0 Å². The summed E-state index contributed by atoms with van der Waals surface area (Å²) in [7, 11) is 0. The second kappa shape index (κ2) is 6.38. The van der Waals surface area contributed by atoms with Crippen molar-refractivity contribution in [1.82, 2.24) is 4.98 Å². The van der Waals surface area contributed by atoms with Crippen LogP contribution in [0, 0.1) is 0 Å². The third kappa shape index (κ3) is 3.36. The molecular weight excluding hydrogens is 262 g/mol. The van der Waals surface area contributed by atoms with Crippen molar-refractivity contribution >= 4 is 34.8 Å². The van der Waals surface area contributed by atoms with Gasteiger partial charge in [-0.05, 0) is 31.2 Å². The van der Waals surface area contributed by atoms with Crippen LogP contribution >= 0.6 is 24.0 Å². The van der Waals surface area contributed by atoms with Crippen LogP contribution in [-0.2, 0) is 0 Å². The van der Waals surface area contributed by atoms with Gasteiger partial charge in [-0.25, -0.2) is 4.98 Å². The minimum Gasteiger partial charge on any atom is -0.389 e. The number of nitrogens with one attached hydrogen (secondary N) is 1. The highest BCUT2D eigenvalue weighted by atomic mass is 32.2. The first-order valence-electron chi connectivity index (χ1n) is 6.26. The summed E-state index contributed by atoms with van der Waals surface area (Å²) < 4.78 is 0. The number of hydrogen-bond acceptors (Lipinski definition) is 4. The molecule has 1 saturated carbocycles. The number of thiocarbonyl (C=S) groups is 1. The fourth-order valence-corrected chi connectivity index (χ4v) is 3.46. The molecule has 0 bridgehead atoms. The molecule has 2 atom stereocenters. The Kier molecular flexibility index (Phi) is 4.83. The van der Waals surface area contributed by atoms with Gasteiger partial charge in [-0.1, -0.05) is 25.1 Å². The zero-order valence-corrected chi connectivity index (χ0v) is 12.2. The van der Waals surface area contributed by atoms with E-state index in [1.54, 1.807) is 6.20 Å². The predicted octanol–water partition coefficient (Wildman–Crippen LogP) is 2.80. The molecule has 1 aromatic rings. The summed E-state index contributed by atoms with van der Waals surface area (Å²) >= 11 is 6.93. The lowest BCUT2D eigenvalue weighted by atomic mass is 9.95. The lowest BCUT2D eigenvalue weighted by molar-refractivity contribution is 0.474. The summed E-state index contributed by atoms with van der Waals surface area (Å²) in [5.74, 6) is 0.881. The first-order chi connectivity index (χ1) is 8.70.